The Morgan fingerprint density at radius 1 is 1.40 bits per heavy atom. The van der Waals surface area contributed by atoms with Crippen molar-refractivity contribution in [2.24, 2.45) is 0 Å². The van der Waals surface area contributed by atoms with Crippen molar-refractivity contribution in [3.05, 3.63) is 41.8 Å². The lowest BCUT2D eigenvalue weighted by Gasteiger charge is -2.33. The zero-order valence-electron chi connectivity index (χ0n) is 16.1. The largest absolute Gasteiger partial charge is 0.489 e. The molecule has 0 bridgehead atoms. The van der Waals surface area contributed by atoms with Crippen molar-refractivity contribution in [1.29, 1.82) is 0 Å². The van der Waals surface area contributed by atoms with E-state index in [2.05, 4.69) is 25.0 Å². The SMILES string of the molecule is CC(C)Oc1cnc(-c2nsc(NC3(C)NC=CC=C3C(=O)O)n2)cc1C(F)(F)F. The number of allylic oxidation sites excluding steroid dienone is 2. The summed E-state index contributed by atoms with van der Waals surface area (Å²) < 4.78 is 49.6. The molecule has 1 aliphatic rings. The number of rotatable bonds is 6. The fourth-order valence-corrected chi connectivity index (χ4v) is 3.40. The Hall–Kier alpha value is -3.15. The van der Waals surface area contributed by atoms with Gasteiger partial charge in [0.2, 0.25) is 5.13 Å². The van der Waals surface area contributed by atoms with Gasteiger partial charge in [-0.3, -0.25) is 0 Å². The third kappa shape index (κ3) is 4.53. The van der Waals surface area contributed by atoms with Gasteiger partial charge in [0.25, 0.3) is 0 Å². The van der Waals surface area contributed by atoms with E-state index in [1.54, 1.807) is 33.0 Å². The molecule has 160 valence electrons. The van der Waals surface area contributed by atoms with E-state index < -0.39 is 29.5 Å². The summed E-state index contributed by atoms with van der Waals surface area (Å²) in [6.45, 7) is 4.82. The Balaban J connectivity index is 1.90. The smallest absolute Gasteiger partial charge is 0.420 e. The normalized spacial score (nSPS) is 18.7. The van der Waals surface area contributed by atoms with Gasteiger partial charge in [0.15, 0.2) is 5.82 Å². The molecule has 1 atom stereocenters. The second kappa shape index (κ2) is 7.94. The number of nitrogens with one attached hydrogen (secondary N) is 2. The van der Waals surface area contributed by atoms with E-state index in [-0.39, 0.29) is 28.0 Å². The van der Waals surface area contributed by atoms with Crippen LogP contribution in [-0.2, 0) is 11.0 Å². The molecule has 2 aromatic heterocycles. The number of dihydropyridines is 1. The zero-order chi connectivity index (χ0) is 22.1. The van der Waals surface area contributed by atoms with Gasteiger partial charge in [0, 0.05) is 11.5 Å². The van der Waals surface area contributed by atoms with Crippen LogP contribution in [0.1, 0.15) is 26.3 Å². The molecular weight excluding hydrogens is 423 g/mol. The minimum Gasteiger partial charge on any atom is -0.489 e. The van der Waals surface area contributed by atoms with Crippen LogP contribution in [0.5, 0.6) is 5.75 Å². The first kappa shape index (κ1) is 21.6. The minimum absolute atomic E-state index is 0.0279. The Morgan fingerprint density at radius 3 is 2.77 bits per heavy atom. The lowest BCUT2D eigenvalue weighted by atomic mass is 9.99. The molecule has 1 aliphatic heterocycles. The Bertz CT molecular complexity index is 1020. The van der Waals surface area contributed by atoms with Crippen LogP contribution in [0.3, 0.4) is 0 Å². The Labute approximate surface area is 173 Å². The maximum atomic E-state index is 13.4. The molecule has 0 aromatic carbocycles. The first-order chi connectivity index (χ1) is 14.0. The van der Waals surface area contributed by atoms with Gasteiger partial charge in [0.05, 0.1) is 17.9 Å². The predicted molar refractivity (Wildman–Crippen MR) is 104 cm³/mol. The topological polar surface area (TPSA) is 109 Å². The molecule has 0 saturated heterocycles. The molecule has 30 heavy (non-hydrogen) atoms. The number of carboxylic acid groups (broad SMARTS) is 1. The molecule has 0 saturated carbocycles. The second-order valence-corrected chi connectivity index (χ2v) is 7.54. The van der Waals surface area contributed by atoms with Crippen LogP contribution >= 0.6 is 11.5 Å². The van der Waals surface area contributed by atoms with Crippen LogP contribution in [0, 0.1) is 0 Å². The van der Waals surface area contributed by atoms with E-state index in [1.165, 1.54) is 6.08 Å². The van der Waals surface area contributed by atoms with Crippen LogP contribution < -0.4 is 15.4 Å². The van der Waals surface area contributed by atoms with Gasteiger partial charge in [-0.1, -0.05) is 0 Å². The fourth-order valence-electron chi connectivity index (χ4n) is 2.72. The van der Waals surface area contributed by atoms with Gasteiger partial charge in [0.1, 0.15) is 22.7 Å². The molecule has 0 aliphatic carbocycles. The second-order valence-electron chi connectivity index (χ2n) is 6.79. The summed E-state index contributed by atoms with van der Waals surface area (Å²) in [6.07, 6.45) is 0.422. The van der Waals surface area contributed by atoms with Gasteiger partial charge < -0.3 is 20.5 Å². The molecule has 0 amide bonds. The predicted octanol–water partition coefficient (Wildman–Crippen LogP) is 3.66. The maximum absolute atomic E-state index is 13.4. The number of halogens is 3. The number of hydrogen-bond donors (Lipinski definition) is 3. The number of alkyl halides is 3. The minimum atomic E-state index is -4.65. The zero-order valence-corrected chi connectivity index (χ0v) is 16.9. The number of aromatic nitrogens is 3. The van der Waals surface area contributed by atoms with Crippen LogP contribution in [-0.4, -0.2) is 37.2 Å². The van der Waals surface area contributed by atoms with Gasteiger partial charge in [-0.2, -0.15) is 22.5 Å². The summed E-state index contributed by atoms with van der Waals surface area (Å²) >= 11 is 0.870. The lowest BCUT2D eigenvalue weighted by molar-refractivity contribution is -0.139. The van der Waals surface area contributed by atoms with E-state index in [1.807, 2.05) is 0 Å². The van der Waals surface area contributed by atoms with Crippen molar-refractivity contribution < 1.29 is 27.8 Å². The highest BCUT2D eigenvalue weighted by Crippen LogP contribution is 2.38. The lowest BCUT2D eigenvalue weighted by Crippen LogP contribution is -2.51. The average molecular weight is 441 g/mol. The first-order valence-corrected chi connectivity index (χ1v) is 9.51. The van der Waals surface area contributed by atoms with Gasteiger partial charge in [-0.25, -0.2) is 9.78 Å². The molecule has 3 N–H and O–H groups in total. The summed E-state index contributed by atoms with van der Waals surface area (Å²) in [7, 11) is 0. The van der Waals surface area contributed by atoms with Gasteiger partial charge in [-0.15, -0.1) is 0 Å². The van der Waals surface area contributed by atoms with E-state index in [9.17, 15) is 23.1 Å². The molecule has 0 radical (unpaired) electrons. The third-order valence-corrected chi connectivity index (χ3v) is 4.68. The highest BCUT2D eigenvalue weighted by Gasteiger charge is 2.37. The van der Waals surface area contributed by atoms with E-state index in [0.29, 0.717) is 0 Å². The first-order valence-electron chi connectivity index (χ1n) is 8.74. The number of nitrogens with zero attached hydrogens (tertiary/aromatic N) is 3. The number of aliphatic carboxylic acids is 1. The summed E-state index contributed by atoms with van der Waals surface area (Å²) in [5.74, 6) is -1.54. The van der Waals surface area contributed by atoms with Crippen molar-refractivity contribution in [2.45, 2.75) is 38.7 Å². The third-order valence-electron chi connectivity index (χ3n) is 4.05. The number of ether oxygens (including phenoxy) is 1. The monoisotopic (exact) mass is 441 g/mol. The van der Waals surface area contributed by atoms with Crippen molar-refractivity contribution in [2.75, 3.05) is 5.32 Å². The number of hydrogen-bond acceptors (Lipinski definition) is 8. The van der Waals surface area contributed by atoms with Gasteiger partial charge >= 0.3 is 12.1 Å². The molecule has 0 fully saturated rings. The molecule has 8 nitrogen and oxygen atoms in total. The van der Waals surface area contributed by atoms with Crippen LogP contribution in [0.15, 0.2) is 36.2 Å². The van der Waals surface area contributed by atoms with Crippen LogP contribution in [0.2, 0.25) is 0 Å². The fraction of sp³-hybridized carbons (Fsp3) is 0.333. The van der Waals surface area contributed by atoms with E-state index in [0.717, 1.165) is 23.8 Å². The maximum Gasteiger partial charge on any atom is 0.420 e. The van der Waals surface area contributed by atoms with Crippen molar-refractivity contribution in [1.82, 2.24) is 19.7 Å². The molecule has 0 spiro atoms. The molecule has 3 heterocycles. The van der Waals surface area contributed by atoms with Crippen molar-refractivity contribution in [3.8, 4) is 17.3 Å². The Kier molecular flexibility index (Phi) is 5.70. The average Bonchev–Trinajstić information content (AvgIpc) is 3.08. The van der Waals surface area contributed by atoms with E-state index in [4.69, 9.17) is 4.74 Å². The molecule has 2 aromatic rings. The number of carboxylic acids is 1. The molecular formula is C18H18F3N5O3S. The summed E-state index contributed by atoms with van der Waals surface area (Å²) in [4.78, 5) is 19.6. The standard InChI is InChI=1S/C18H18F3N5O3S/c1-9(2)29-13-8-22-12(7-11(13)18(19,20)21)14-24-16(30-26-14)25-17(3)10(15(27)28)5-4-6-23-17/h4-9,23H,1-3H3,(H,27,28)(H,24,25,26). The van der Waals surface area contributed by atoms with Crippen molar-refractivity contribution in [3.63, 3.8) is 0 Å². The van der Waals surface area contributed by atoms with Crippen molar-refractivity contribution >= 4 is 22.6 Å². The highest BCUT2D eigenvalue weighted by molar-refractivity contribution is 7.09. The van der Waals surface area contributed by atoms with E-state index >= 15 is 0 Å². The summed E-state index contributed by atoms with van der Waals surface area (Å²) in [5.41, 5.74) is -2.21. The molecule has 1 unspecified atom stereocenters. The molecule has 12 heteroatoms. The molecule has 3 rings (SSSR count). The number of pyridine rings is 1. The summed E-state index contributed by atoms with van der Waals surface area (Å²) in [6, 6.07) is 0.829. The van der Waals surface area contributed by atoms with Crippen LogP contribution in [0.4, 0.5) is 18.3 Å². The number of anilines is 1. The highest BCUT2D eigenvalue weighted by atomic mass is 32.1. The van der Waals surface area contributed by atoms with Gasteiger partial charge in [-0.05, 0) is 45.2 Å². The van der Waals surface area contributed by atoms with Crippen LogP contribution in [0.25, 0.3) is 11.5 Å². The Morgan fingerprint density at radius 2 is 2.13 bits per heavy atom. The summed E-state index contributed by atoms with van der Waals surface area (Å²) in [5, 5.41) is 15.4. The quantitative estimate of drug-likeness (QED) is 0.623. The number of carbonyl (C=O) groups is 1.